The Labute approximate surface area is 134 Å². The Balaban J connectivity index is 1.84. The third kappa shape index (κ3) is 2.74. The second kappa shape index (κ2) is 6.16. The molecule has 0 saturated heterocycles. The van der Waals surface area contributed by atoms with E-state index in [0.29, 0.717) is 11.3 Å². The van der Waals surface area contributed by atoms with E-state index >= 15 is 0 Å². The van der Waals surface area contributed by atoms with E-state index in [-0.39, 0.29) is 6.10 Å². The minimum atomic E-state index is -0.183. The lowest BCUT2D eigenvalue weighted by Crippen LogP contribution is -2.33. The van der Waals surface area contributed by atoms with Crippen molar-refractivity contribution in [3.8, 4) is 0 Å². The minimum absolute atomic E-state index is 0.183. The Bertz CT molecular complexity index is 554. The summed E-state index contributed by atoms with van der Waals surface area (Å²) in [6.45, 7) is 6.58. The molecule has 0 aromatic heterocycles. The lowest BCUT2D eigenvalue weighted by atomic mass is 9.66. The molecule has 3 rings (SSSR count). The molecule has 3 aliphatic carbocycles. The molecule has 1 unspecified atom stereocenters. The monoisotopic (exact) mass is 299 g/mol. The summed E-state index contributed by atoms with van der Waals surface area (Å²) < 4.78 is 0. The van der Waals surface area contributed by atoms with E-state index in [1.54, 1.807) is 5.57 Å². The largest absolute Gasteiger partial charge is 0.393 e. The fraction of sp³-hybridized carbons (Fsp3) is 0.650. The van der Waals surface area contributed by atoms with Gasteiger partial charge in [-0.05, 0) is 62.9 Å². The van der Waals surface area contributed by atoms with Crippen molar-refractivity contribution in [2.45, 2.75) is 64.4 Å². The van der Waals surface area contributed by atoms with E-state index < -0.39 is 0 Å². The maximum absolute atomic E-state index is 9.87. The van der Waals surface area contributed by atoms with Gasteiger partial charge in [0.25, 0.3) is 0 Å². The zero-order valence-electron chi connectivity index (χ0n) is 14.1. The molecule has 2 heteroatoms. The summed E-state index contributed by atoms with van der Waals surface area (Å²) in [5, 5.41) is 9.87. The fourth-order valence-electron chi connectivity index (χ4n) is 4.80. The molecule has 0 heterocycles. The number of aliphatic hydroxyl groups is 1. The second-order valence-corrected chi connectivity index (χ2v) is 7.47. The third-order valence-corrected chi connectivity index (χ3v) is 6.16. The molecule has 22 heavy (non-hydrogen) atoms. The summed E-state index contributed by atoms with van der Waals surface area (Å²) in [4.78, 5) is 4.58. The van der Waals surface area contributed by atoms with Crippen LogP contribution in [0.2, 0.25) is 0 Å². The van der Waals surface area contributed by atoms with Gasteiger partial charge in [-0.1, -0.05) is 36.8 Å². The summed E-state index contributed by atoms with van der Waals surface area (Å²) in [6.07, 6.45) is 13.2. The summed E-state index contributed by atoms with van der Waals surface area (Å²) in [6, 6.07) is 0. The highest BCUT2D eigenvalue weighted by molar-refractivity contribution is 5.92. The van der Waals surface area contributed by atoms with Crippen LogP contribution in [0, 0.1) is 11.3 Å². The molecule has 0 bridgehead atoms. The lowest BCUT2D eigenvalue weighted by molar-refractivity contribution is 0.158. The van der Waals surface area contributed by atoms with Crippen LogP contribution in [-0.2, 0) is 0 Å². The Hall–Kier alpha value is -1.15. The van der Waals surface area contributed by atoms with E-state index in [1.807, 2.05) is 7.05 Å². The molecule has 3 saturated carbocycles. The van der Waals surface area contributed by atoms with E-state index in [0.717, 1.165) is 25.7 Å². The highest BCUT2D eigenvalue weighted by Gasteiger charge is 2.46. The molecule has 0 aromatic rings. The van der Waals surface area contributed by atoms with Crippen molar-refractivity contribution in [2.75, 3.05) is 7.05 Å². The second-order valence-electron chi connectivity index (χ2n) is 7.47. The lowest BCUT2D eigenvalue weighted by Gasteiger charge is -2.38. The van der Waals surface area contributed by atoms with Gasteiger partial charge in [-0.25, -0.2) is 0 Å². The van der Waals surface area contributed by atoms with Crippen LogP contribution in [0.3, 0.4) is 0 Å². The third-order valence-electron chi connectivity index (χ3n) is 6.16. The maximum atomic E-state index is 9.87. The van der Waals surface area contributed by atoms with Crippen LogP contribution >= 0.6 is 0 Å². The Morgan fingerprint density at radius 1 is 1.23 bits per heavy atom. The Kier molecular flexibility index (Phi) is 4.40. The van der Waals surface area contributed by atoms with Gasteiger partial charge in [-0.3, -0.25) is 4.99 Å². The van der Waals surface area contributed by atoms with E-state index in [2.05, 4.69) is 30.6 Å². The van der Waals surface area contributed by atoms with Gasteiger partial charge in [0.05, 0.1) is 6.10 Å². The van der Waals surface area contributed by atoms with Crippen LogP contribution in [0.15, 0.2) is 40.4 Å². The predicted octanol–water partition coefficient (Wildman–Crippen LogP) is 4.61. The number of fused-ring (bicyclic) bond motifs is 1. The fourth-order valence-corrected chi connectivity index (χ4v) is 4.80. The number of nitrogens with zero attached hydrogens (tertiary/aromatic N) is 1. The topological polar surface area (TPSA) is 32.6 Å². The van der Waals surface area contributed by atoms with Crippen molar-refractivity contribution < 1.29 is 5.11 Å². The van der Waals surface area contributed by atoms with Crippen LogP contribution in [-0.4, -0.2) is 24.0 Å². The summed E-state index contributed by atoms with van der Waals surface area (Å²) in [5.41, 5.74) is 5.77. The first-order chi connectivity index (χ1) is 10.5. The molecule has 0 aliphatic heterocycles. The molecule has 1 N–H and O–H groups in total. The number of allylic oxidation sites excluding steroid dienone is 4. The van der Waals surface area contributed by atoms with Crippen LogP contribution in [0.4, 0.5) is 0 Å². The van der Waals surface area contributed by atoms with Gasteiger partial charge in [0.1, 0.15) is 0 Å². The quantitative estimate of drug-likeness (QED) is 0.753. The molecular weight excluding hydrogens is 270 g/mol. The average molecular weight is 299 g/mol. The van der Waals surface area contributed by atoms with Crippen molar-refractivity contribution in [1.82, 2.24) is 0 Å². The first kappa shape index (κ1) is 15.7. The number of aliphatic hydroxyl groups excluding tert-OH is 1. The number of hydrogen-bond donors (Lipinski definition) is 1. The van der Waals surface area contributed by atoms with Gasteiger partial charge >= 0.3 is 0 Å². The molecule has 0 spiro atoms. The van der Waals surface area contributed by atoms with Crippen molar-refractivity contribution in [3.63, 3.8) is 0 Å². The van der Waals surface area contributed by atoms with Gasteiger partial charge in [-0.15, -0.1) is 0 Å². The Morgan fingerprint density at radius 2 is 2.05 bits per heavy atom. The first-order valence-electron chi connectivity index (χ1n) is 8.76. The van der Waals surface area contributed by atoms with E-state index in [4.69, 9.17) is 0 Å². The van der Waals surface area contributed by atoms with Crippen LogP contribution < -0.4 is 0 Å². The zero-order chi connectivity index (χ0) is 15.7. The number of hydrogen-bond acceptors (Lipinski definition) is 2. The number of aliphatic imine (C=N–C) groups is 1. The molecule has 0 aromatic carbocycles. The van der Waals surface area contributed by atoms with Crippen LogP contribution in [0.5, 0.6) is 0 Å². The maximum Gasteiger partial charge on any atom is 0.0583 e. The molecule has 3 atom stereocenters. The van der Waals surface area contributed by atoms with Crippen LogP contribution in [0.1, 0.15) is 58.3 Å². The molecule has 120 valence electrons. The summed E-state index contributed by atoms with van der Waals surface area (Å²) in [5.74, 6) is 0.665. The standard InChI is InChI=1S/C20H29NO/c1-14-6-9-17(22)13-16(14)8-7-15-5-4-12-20(2)18(15)10-11-19(20)21-3/h7-8,17-18,22H,1,4-6,9-13H2,2-3H3/b15-7+,16-8-,21-19+/t17-,18?,20+/m1/s1. The van der Waals surface area contributed by atoms with Gasteiger partial charge in [0.2, 0.25) is 0 Å². The normalized spacial score (nSPS) is 41.4. The molecular formula is C20H29NO. The molecule has 0 amide bonds. The van der Waals surface area contributed by atoms with Gasteiger partial charge in [-0.2, -0.15) is 0 Å². The molecule has 3 aliphatic rings. The van der Waals surface area contributed by atoms with Crippen molar-refractivity contribution in [3.05, 3.63) is 35.5 Å². The van der Waals surface area contributed by atoms with Gasteiger partial charge in [0.15, 0.2) is 0 Å². The van der Waals surface area contributed by atoms with Crippen molar-refractivity contribution in [1.29, 1.82) is 0 Å². The molecule has 2 nitrogen and oxygen atoms in total. The van der Waals surface area contributed by atoms with E-state index in [9.17, 15) is 5.11 Å². The summed E-state index contributed by atoms with van der Waals surface area (Å²) in [7, 11) is 1.95. The highest BCUT2D eigenvalue weighted by atomic mass is 16.3. The Morgan fingerprint density at radius 3 is 2.82 bits per heavy atom. The first-order valence-corrected chi connectivity index (χ1v) is 8.76. The molecule has 3 fully saturated rings. The predicted molar refractivity (Wildman–Crippen MR) is 93.2 cm³/mol. The van der Waals surface area contributed by atoms with Gasteiger partial charge in [0, 0.05) is 18.2 Å². The summed E-state index contributed by atoms with van der Waals surface area (Å²) >= 11 is 0. The number of rotatable bonds is 1. The average Bonchev–Trinajstić information content (AvgIpc) is 2.85. The zero-order valence-corrected chi connectivity index (χ0v) is 14.1. The smallest absolute Gasteiger partial charge is 0.0583 e. The van der Waals surface area contributed by atoms with Crippen LogP contribution in [0.25, 0.3) is 0 Å². The van der Waals surface area contributed by atoms with E-state index in [1.165, 1.54) is 42.5 Å². The minimum Gasteiger partial charge on any atom is -0.393 e. The SMILES string of the molecule is C=C1CC[C@@H](O)C/C1=C/C=C1\CCC[C@]2(C)/C(=N/C)CCC12. The van der Waals surface area contributed by atoms with Gasteiger partial charge < -0.3 is 5.11 Å². The molecule has 0 radical (unpaired) electrons. The van der Waals surface area contributed by atoms with Crippen molar-refractivity contribution >= 4 is 5.71 Å². The highest BCUT2D eigenvalue weighted by Crippen LogP contribution is 2.52. The van der Waals surface area contributed by atoms with Crippen molar-refractivity contribution in [2.24, 2.45) is 16.3 Å².